The van der Waals surface area contributed by atoms with Gasteiger partial charge in [-0.05, 0) is 61.9 Å². The minimum Gasteiger partial charge on any atom is -0.376 e. The number of ether oxygens (including phenoxy) is 1. The Morgan fingerprint density at radius 1 is 1.18 bits per heavy atom. The Morgan fingerprint density at radius 2 is 2.00 bits per heavy atom. The number of piperidine rings is 1. The maximum absolute atomic E-state index is 13.5. The van der Waals surface area contributed by atoms with Gasteiger partial charge < -0.3 is 10.1 Å². The topological polar surface area (TPSA) is 117 Å². The van der Waals surface area contributed by atoms with Crippen LogP contribution in [0.25, 0.3) is 23.0 Å². The lowest BCUT2D eigenvalue weighted by atomic mass is 10.0. The lowest BCUT2D eigenvalue weighted by molar-refractivity contribution is -0.117. The summed E-state index contributed by atoms with van der Waals surface area (Å²) in [6.07, 6.45) is 6.87. The standard InChI is InChI=1S/C30H33N5O4S/c1-22-8-6-14-34(20-22)40(37,38)28-13-5-9-23(17-28)29-25(21-35(33-29)26-10-3-2-4-11-26)16-24(18-31)30(36)32-19-27-12-7-15-39-27/h2-5,9-11,13,16-17,21-22,27H,6-8,12,14-15,19-20H2,1H3,(H,32,36)/b24-16+/t22-,27-/m1/s1. The summed E-state index contributed by atoms with van der Waals surface area (Å²) in [6, 6.07) is 18.2. The van der Waals surface area contributed by atoms with Crippen molar-refractivity contribution in [2.45, 2.75) is 43.6 Å². The van der Waals surface area contributed by atoms with Crippen LogP contribution in [0, 0.1) is 17.2 Å². The third-order valence-electron chi connectivity index (χ3n) is 7.31. The van der Waals surface area contributed by atoms with Gasteiger partial charge in [0.1, 0.15) is 17.3 Å². The molecule has 40 heavy (non-hydrogen) atoms. The number of hydrogen-bond acceptors (Lipinski definition) is 6. The zero-order chi connectivity index (χ0) is 28.1. The second-order valence-electron chi connectivity index (χ2n) is 10.4. The van der Waals surface area contributed by atoms with Gasteiger partial charge in [0.15, 0.2) is 0 Å². The average Bonchev–Trinajstić information content (AvgIpc) is 3.65. The lowest BCUT2D eigenvalue weighted by Gasteiger charge is -2.30. The number of amides is 1. The molecule has 0 radical (unpaired) electrons. The zero-order valence-corrected chi connectivity index (χ0v) is 23.3. The number of benzene rings is 2. The van der Waals surface area contributed by atoms with Gasteiger partial charge in [-0.1, -0.05) is 37.3 Å². The van der Waals surface area contributed by atoms with Crippen molar-refractivity contribution in [2.24, 2.45) is 5.92 Å². The molecule has 0 saturated carbocycles. The molecule has 1 aromatic heterocycles. The molecular formula is C30H33N5O4S. The first kappa shape index (κ1) is 27.8. The fourth-order valence-electron chi connectivity index (χ4n) is 5.16. The molecule has 2 atom stereocenters. The maximum Gasteiger partial charge on any atom is 0.262 e. The Balaban J connectivity index is 1.51. The van der Waals surface area contributed by atoms with E-state index in [1.54, 1.807) is 39.4 Å². The molecule has 5 rings (SSSR count). The molecule has 2 aliphatic heterocycles. The van der Waals surface area contributed by atoms with Crippen LogP contribution >= 0.6 is 0 Å². The molecule has 2 aromatic carbocycles. The van der Waals surface area contributed by atoms with Gasteiger partial charge in [0.2, 0.25) is 10.0 Å². The molecule has 2 fully saturated rings. The number of nitriles is 1. The van der Waals surface area contributed by atoms with Crippen molar-refractivity contribution in [1.82, 2.24) is 19.4 Å². The van der Waals surface area contributed by atoms with E-state index in [1.807, 2.05) is 36.4 Å². The molecule has 0 unspecified atom stereocenters. The van der Waals surface area contributed by atoms with Crippen LogP contribution in [0.2, 0.25) is 0 Å². The van der Waals surface area contributed by atoms with Gasteiger partial charge in [-0.25, -0.2) is 13.1 Å². The highest BCUT2D eigenvalue weighted by Gasteiger charge is 2.29. The Hall–Kier alpha value is -3.78. The summed E-state index contributed by atoms with van der Waals surface area (Å²) in [7, 11) is -3.69. The van der Waals surface area contributed by atoms with Gasteiger partial charge in [0.05, 0.1) is 16.7 Å². The van der Waals surface area contributed by atoms with E-state index in [2.05, 4.69) is 12.2 Å². The highest BCUT2D eigenvalue weighted by molar-refractivity contribution is 7.89. The van der Waals surface area contributed by atoms with Crippen molar-refractivity contribution in [1.29, 1.82) is 5.26 Å². The van der Waals surface area contributed by atoms with Crippen molar-refractivity contribution in [2.75, 3.05) is 26.2 Å². The SMILES string of the molecule is C[C@@H]1CCCN(S(=O)(=O)c2cccc(-c3nn(-c4ccccc4)cc3/C=C(\C#N)C(=O)NC[C@H]3CCCO3)c2)C1. The fourth-order valence-corrected chi connectivity index (χ4v) is 6.80. The van der Waals surface area contributed by atoms with Gasteiger partial charge in [0, 0.05) is 43.6 Å². The van der Waals surface area contributed by atoms with Crippen LogP contribution in [0.1, 0.15) is 38.2 Å². The van der Waals surface area contributed by atoms with E-state index in [1.165, 1.54) is 6.08 Å². The van der Waals surface area contributed by atoms with Crippen molar-refractivity contribution < 1.29 is 17.9 Å². The number of aromatic nitrogens is 2. The average molecular weight is 560 g/mol. The Kier molecular flexibility index (Phi) is 8.45. The predicted octanol–water partition coefficient (Wildman–Crippen LogP) is 4.16. The van der Waals surface area contributed by atoms with E-state index < -0.39 is 15.9 Å². The summed E-state index contributed by atoms with van der Waals surface area (Å²) in [5.41, 5.74) is 2.28. The summed E-state index contributed by atoms with van der Waals surface area (Å²) in [5.74, 6) is -0.187. The molecular weight excluding hydrogens is 526 g/mol. The minimum absolute atomic E-state index is 0.0483. The van der Waals surface area contributed by atoms with Crippen molar-refractivity contribution in [3.8, 4) is 23.0 Å². The van der Waals surface area contributed by atoms with E-state index in [0.29, 0.717) is 49.0 Å². The highest BCUT2D eigenvalue weighted by atomic mass is 32.2. The third kappa shape index (κ3) is 6.17. The first-order valence-electron chi connectivity index (χ1n) is 13.6. The molecule has 2 saturated heterocycles. The quantitative estimate of drug-likeness (QED) is 0.327. The summed E-state index contributed by atoms with van der Waals surface area (Å²) < 4.78 is 35.8. The molecule has 1 amide bonds. The van der Waals surface area contributed by atoms with Gasteiger partial charge in [-0.3, -0.25) is 4.79 Å². The lowest BCUT2D eigenvalue weighted by Crippen LogP contribution is -2.39. The van der Waals surface area contributed by atoms with Crippen LogP contribution in [0.3, 0.4) is 0 Å². The van der Waals surface area contributed by atoms with Crippen LogP contribution in [-0.4, -0.2) is 60.8 Å². The van der Waals surface area contributed by atoms with Crippen LogP contribution in [0.15, 0.2) is 71.3 Å². The molecule has 0 aliphatic carbocycles. The smallest absolute Gasteiger partial charge is 0.262 e. The first-order chi connectivity index (χ1) is 19.3. The number of carbonyl (C=O) groups is 1. The molecule has 2 aliphatic rings. The second kappa shape index (κ2) is 12.2. The molecule has 208 valence electrons. The first-order valence-corrected chi connectivity index (χ1v) is 15.1. The van der Waals surface area contributed by atoms with E-state index in [4.69, 9.17) is 9.84 Å². The van der Waals surface area contributed by atoms with Crippen LogP contribution in [0.4, 0.5) is 0 Å². The molecule has 1 N–H and O–H groups in total. The monoisotopic (exact) mass is 559 g/mol. The van der Waals surface area contributed by atoms with Gasteiger partial charge in [-0.15, -0.1) is 0 Å². The number of hydrogen-bond donors (Lipinski definition) is 1. The zero-order valence-electron chi connectivity index (χ0n) is 22.5. The molecule has 0 spiro atoms. The van der Waals surface area contributed by atoms with Crippen LogP contribution in [0.5, 0.6) is 0 Å². The van der Waals surface area contributed by atoms with E-state index in [9.17, 15) is 18.5 Å². The normalized spacial score (nSPS) is 20.2. The number of nitrogens with one attached hydrogen (secondary N) is 1. The van der Waals surface area contributed by atoms with Crippen molar-refractivity contribution in [3.63, 3.8) is 0 Å². The largest absolute Gasteiger partial charge is 0.376 e. The summed E-state index contributed by atoms with van der Waals surface area (Å²) in [5, 5.41) is 17.4. The second-order valence-corrected chi connectivity index (χ2v) is 12.3. The summed E-state index contributed by atoms with van der Waals surface area (Å²) >= 11 is 0. The molecule has 10 heteroatoms. The number of carbonyl (C=O) groups excluding carboxylic acids is 1. The Bertz CT molecular complexity index is 1540. The molecule has 9 nitrogen and oxygen atoms in total. The molecule has 3 heterocycles. The summed E-state index contributed by atoms with van der Waals surface area (Å²) in [6.45, 7) is 4.07. The molecule has 0 bridgehead atoms. The number of rotatable bonds is 8. The van der Waals surface area contributed by atoms with E-state index in [0.717, 1.165) is 31.4 Å². The Morgan fingerprint density at radius 3 is 2.73 bits per heavy atom. The van der Waals surface area contributed by atoms with E-state index >= 15 is 0 Å². The van der Waals surface area contributed by atoms with Gasteiger partial charge in [-0.2, -0.15) is 14.7 Å². The van der Waals surface area contributed by atoms with Gasteiger partial charge >= 0.3 is 0 Å². The number of sulfonamides is 1. The number of nitrogens with zero attached hydrogens (tertiary/aromatic N) is 4. The summed E-state index contributed by atoms with van der Waals surface area (Å²) in [4.78, 5) is 13.1. The van der Waals surface area contributed by atoms with Crippen molar-refractivity contribution in [3.05, 3.63) is 71.9 Å². The highest BCUT2D eigenvalue weighted by Crippen LogP contribution is 2.30. The molecule has 3 aromatic rings. The van der Waals surface area contributed by atoms with E-state index in [-0.39, 0.29) is 16.6 Å². The Labute approximate surface area is 235 Å². The number of para-hydroxylation sites is 1. The maximum atomic E-state index is 13.5. The minimum atomic E-state index is -3.69. The van der Waals surface area contributed by atoms with Gasteiger partial charge in [0.25, 0.3) is 5.91 Å². The third-order valence-corrected chi connectivity index (χ3v) is 9.17. The predicted molar refractivity (Wildman–Crippen MR) is 152 cm³/mol. The van der Waals surface area contributed by atoms with Crippen molar-refractivity contribution >= 4 is 22.0 Å². The van der Waals surface area contributed by atoms with Crippen LogP contribution in [-0.2, 0) is 19.6 Å². The fraction of sp³-hybridized carbons (Fsp3) is 0.367. The van der Waals surface area contributed by atoms with Crippen LogP contribution < -0.4 is 5.32 Å².